The Kier molecular flexibility index (Phi) is 10.8. The third-order valence-electron chi connectivity index (χ3n) is 3.98. The van der Waals surface area contributed by atoms with Gasteiger partial charge >= 0.3 is 0 Å². The first-order chi connectivity index (χ1) is 13.5. The number of aryl methyl sites for hydroxylation is 3. The predicted molar refractivity (Wildman–Crippen MR) is 129 cm³/mol. The summed E-state index contributed by atoms with van der Waals surface area (Å²) < 4.78 is 2.00. The lowest BCUT2D eigenvalue weighted by molar-refractivity contribution is -0.114. The monoisotopic (exact) mass is 508 g/mol. The number of anilines is 1. The molecule has 2 aromatic rings. The molecule has 156 valence electrons. The lowest BCUT2D eigenvalue weighted by atomic mass is 10.2. The first kappa shape index (κ1) is 24.5. The molecule has 0 spiro atoms. The zero-order valence-corrected chi connectivity index (χ0v) is 19.5. The van der Waals surface area contributed by atoms with Crippen molar-refractivity contribution in [2.24, 2.45) is 4.99 Å². The quantitative estimate of drug-likeness (QED) is 0.168. The second-order valence-corrected chi connectivity index (χ2v) is 6.40. The van der Waals surface area contributed by atoms with E-state index in [2.05, 4.69) is 45.0 Å². The van der Waals surface area contributed by atoms with Gasteiger partial charge in [0, 0.05) is 36.6 Å². The number of amides is 1. The first-order valence-corrected chi connectivity index (χ1v) is 9.41. The van der Waals surface area contributed by atoms with Crippen LogP contribution in [0.2, 0.25) is 0 Å². The lowest BCUT2D eigenvalue weighted by Gasteiger charge is -2.12. The fraction of sp³-hybridized carbons (Fsp3) is 0.381. The van der Waals surface area contributed by atoms with E-state index in [0.29, 0.717) is 11.6 Å². The second-order valence-electron chi connectivity index (χ2n) is 6.40. The molecule has 8 heteroatoms. The molecule has 0 saturated heterocycles. The Balaban J connectivity index is 0.00000420. The molecule has 1 amide bonds. The van der Waals surface area contributed by atoms with Gasteiger partial charge in [-0.3, -0.25) is 9.48 Å². The Morgan fingerprint density at radius 3 is 2.72 bits per heavy atom. The summed E-state index contributed by atoms with van der Waals surface area (Å²) in [6, 6.07) is 9.24. The molecule has 3 N–H and O–H groups in total. The molecule has 0 saturated carbocycles. The molecule has 0 aliphatic carbocycles. The van der Waals surface area contributed by atoms with Gasteiger partial charge in [-0.05, 0) is 51.5 Å². The number of carbonyl (C=O) groups excluding carboxylic acids is 1. The van der Waals surface area contributed by atoms with E-state index < -0.39 is 0 Å². The summed E-state index contributed by atoms with van der Waals surface area (Å²) >= 11 is 0. The van der Waals surface area contributed by atoms with Crippen molar-refractivity contribution in [3.8, 4) is 12.3 Å². The van der Waals surface area contributed by atoms with Crippen molar-refractivity contribution >= 4 is 41.5 Å². The number of rotatable bonds is 8. The molecule has 0 atom stereocenters. The molecule has 1 aromatic heterocycles. The largest absolute Gasteiger partial charge is 0.357 e. The van der Waals surface area contributed by atoms with E-state index in [0.717, 1.165) is 43.0 Å². The number of aromatic nitrogens is 2. The summed E-state index contributed by atoms with van der Waals surface area (Å²) in [7, 11) is 0. The Morgan fingerprint density at radius 2 is 2.07 bits per heavy atom. The van der Waals surface area contributed by atoms with Crippen LogP contribution in [0, 0.1) is 26.2 Å². The van der Waals surface area contributed by atoms with Crippen LogP contribution in [0.25, 0.3) is 0 Å². The van der Waals surface area contributed by atoms with Crippen LogP contribution in [-0.2, 0) is 11.3 Å². The van der Waals surface area contributed by atoms with Crippen LogP contribution in [0.1, 0.15) is 30.3 Å². The van der Waals surface area contributed by atoms with Gasteiger partial charge in [-0.1, -0.05) is 12.0 Å². The third kappa shape index (κ3) is 8.56. The molecular formula is C21H29IN6O. The fourth-order valence-corrected chi connectivity index (χ4v) is 2.72. The zero-order chi connectivity index (χ0) is 20.4. The highest BCUT2D eigenvalue weighted by atomic mass is 127. The normalized spacial score (nSPS) is 10.6. The van der Waals surface area contributed by atoms with Crippen molar-refractivity contribution in [2.75, 3.05) is 25.0 Å². The van der Waals surface area contributed by atoms with Crippen LogP contribution in [0.3, 0.4) is 0 Å². The molecule has 0 bridgehead atoms. The number of terminal acetylenes is 1. The molecule has 1 heterocycles. The van der Waals surface area contributed by atoms with E-state index in [9.17, 15) is 4.79 Å². The van der Waals surface area contributed by atoms with Crippen molar-refractivity contribution in [3.05, 3.63) is 47.3 Å². The van der Waals surface area contributed by atoms with Crippen LogP contribution in [0.5, 0.6) is 0 Å². The molecule has 0 aliphatic heterocycles. The van der Waals surface area contributed by atoms with Gasteiger partial charge in [0.05, 0.1) is 5.69 Å². The Hall–Kier alpha value is -2.54. The minimum Gasteiger partial charge on any atom is -0.357 e. The Labute approximate surface area is 189 Å². The van der Waals surface area contributed by atoms with Crippen LogP contribution in [-0.4, -0.2) is 41.3 Å². The van der Waals surface area contributed by atoms with Gasteiger partial charge in [-0.25, -0.2) is 4.99 Å². The second kappa shape index (κ2) is 12.8. The summed E-state index contributed by atoms with van der Waals surface area (Å²) in [5, 5.41) is 13.6. The minimum absolute atomic E-state index is 0. The first-order valence-electron chi connectivity index (χ1n) is 9.41. The molecule has 7 nitrogen and oxygen atoms in total. The Bertz CT molecular complexity index is 868. The third-order valence-corrected chi connectivity index (χ3v) is 3.98. The number of guanidine groups is 1. The maximum Gasteiger partial charge on any atom is 0.246 e. The van der Waals surface area contributed by atoms with E-state index in [1.165, 1.54) is 0 Å². The zero-order valence-electron chi connectivity index (χ0n) is 17.2. The van der Waals surface area contributed by atoms with Gasteiger partial charge < -0.3 is 16.0 Å². The van der Waals surface area contributed by atoms with Crippen molar-refractivity contribution in [2.45, 2.75) is 33.7 Å². The van der Waals surface area contributed by atoms with Crippen LogP contribution < -0.4 is 16.0 Å². The molecule has 29 heavy (non-hydrogen) atoms. The highest BCUT2D eigenvalue weighted by Gasteiger charge is 2.04. The topological polar surface area (TPSA) is 83.3 Å². The number of nitrogens with zero attached hydrogens (tertiary/aromatic N) is 3. The number of hydrogen-bond acceptors (Lipinski definition) is 3. The number of aliphatic imine (C=N–C) groups is 1. The van der Waals surface area contributed by atoms with E-state index >= 15 is 0 Å². The van der Waals surface area contributed by atoms with Crippen molar-refractivity contribution < 1.29 is 4.79 Å². The maximum atomic E-state index is 12.1. The van der Waals surface area contributed by atoms with Gasteiger partial charge in [-0.2, -0.15) is 5.10 Å². The average molecular weight is 508 g/mol. The number of nitrogens with one attached hydrogen (secondary N) is 3. The molecule has 0 radical (unpaired) electrons. The van der Waals surface area contributed by atoms with Crippen LogP contribution in [0.4, 0.5) is 5.69 Å². The van der Waals surface area contributed by atoms with Crippen molar-refractivity contribution in [1.82, 2.24) is 20.4 Å². The van der Waals surface area contributed by atoms with E-state index in [-0.39, 0.29) is 36.4 Å². The summed E-state index contributed by atoms with van der Waals surface area (Å²) in [6.45, 7) is 8.33. The predicted octanol–water partition coefficient (Wildman–Crippen LogP) is 2.68. The van der Waals surface area contributed by atoms with E-state index in [1.54, 1.807) is 12.1 Å². The molecule has 0 fully saturated rings. The smallest absolute Gasteiger partial charge is 0.246 e. The fourth-order valence-electron chi connectivity index (χ4n) is 2.72. The SMILES string of the molecule is C#Cc1cccc(NC(=O)CN=C(NCC)NCCCn2nc(C)cc2C)c1.I. The van der Waals surface area contributed by atoms with Gasteiger partial charge in [0.1, 0.15) is 6.54 Å². The molecule has 2 rings (SSSR count). The molecule has 0 aliphatic rings. The van der Waals surface area contributed by atoms with Gasteiger partial charge in [0.2, 0.25) is 5.91 Å². The van der Waals surface area contributed by atoms with E-state index in [4.69, 9.17) is 6.42 Å². The number of carbonyl (C=O) groups is 1. The summed E-state index contributed by atoms with van der Waals surface area (Å²) in [5.41, 5.74) is 3.57. The van der Waals surface area contributed by atoms with Gasteiger partial charge in [0.25, 0.3) is 0 Å². The van der Waals surface area contributed by atoms with Gasteiger partial charge in [0.15, 0.2) is 5.96 Å². The lowest BCUT2D eigenvalue weighted by Crippen LogP contribution is -2.38. The highest BCUT2D eigenvalue weighted by molar-refractivity contribution is 14.0. The number of benzene rings is 1. The maximum absolute atomic E-state index is 12.1. The van der Waals surface area contributed by atoms with Gasteiger partial charge in [-0.15, -0.1) is 30.4 Å². The summed E-state index contributed by atoms with van der Waals surface area (Å²) in [5.74, 6) is 2.96. The average Bonchev–Trinajstić information content (AvgIpc) is 3.00. The summed E-state index contributed by atoms with van der Waals surface area (Å²) in [6.07, 6.45) is 6.28. The summed E-state index contributed by atoms with van der Waals surface area (Å²) in [4.78, 5) is 16.5. The highest BCUT2D eigenvalue weighted by Crippen LogP contribution is 2.09. The van der Waals surface area contributed by atoms with E-state index in [1.807, 2.05) is 30.7 Å². The minimum atomic E-state index is -0.200. The molecular weight excluding hydrogens is 479 g/mol. The van der Waals surface area contributed by atoms with Crippen molar-refractivity contribution in [3.63, 3.8) is 0 Å². The number of halogens is 1. The number of hydrogen-bond donors (Lipinski definition) is 3. The molecule has 1 aromatic carbocycles. The van der Waals surface area contributed by atoms with Crippen LogP contribution >= 0.6 is 24.0 Å². The van der Waals surface area contributed by atoms with Crippen LogP contribution in [0.15, 0.2) is 35.3 Å². The van der Waals surface area contributed by atoms with Crippen molar-refractivity contribution in [1.29, 1.82) is 0 Å². The standard InChI is InChI=1S/C21H28N6O.HI/c1-5-18-9-7-10-19(14-18)25-20(28)15-24-21(22-6-2)23-11-8-12-27-17(4)13-16(3)26-27;/h1,7,9-10,13-14H,6,8,11-12,15H2,2-4H3,(H,25,28)(H2,22,23,24);1H. The Morgan fingerprint density at radius 1 is 1.28 bits per heavy atom. The molecule has 0 unspecified atom stereocenters.